The minimum atomic E-state index is -0.164. The molecule has 0 unspecified atom stereocenters. The van der Waals surface area contributed by atoms with E-state index >= 15 is 0 Å². The van der Waals surface area contributed by atoms with Crippen LogP contribution in [0.25, 0.3) is 22.2 Å². The summed E-state index contributed by atoms with van der Waals surface area (Å²) in [6, 6.07) is 19.5. The van der Waals surface area contributed by atoms with E-state index in [1.807, 2.05) is 75.4 Å². The predicted molar refractivity (Wildman–Crippen MR) is 130 cm³/mol. The van der Waals surface area contributed by atoms with Crippen molar-refractivity contribution in [3.05, 3.63) is 87.4 Å². The Kier molecular flexibility index (Phi) is 5.79. The Labute approximate surface area is 190 Å². The van der Waals surface area contributed by atoms with E-state index in [-0.39, 0.29) is 5.91 Å². The number of methoxy groups -OCH3 is 1. The largest absolute Gasteiger partial charge is 0.497 e. The standard InChI is InChI=1S/C26H23BrN2O2/c1-15-10-17(3)25-21(11-15)22(26(30)28-19-8-9-23(27)16(2)12-19)14-24(29-25)18-6-5-7-20(13-18)31-4/h5-14H,1-4H3,(H,28,30). The summed E-state index contributed by atoms with van der Waals surface area (Å²) >= 11 is 3.50. The first-order chi connectivity index (χ1) is 14.9. The van der Waals surface area contributed by atoms with E-state index in [2.05, 4.69) is 27.3 Å². The van der Waals surface area contributed by atoms with Crippen LogP contribution in [0.3, 0.4) is 0 Å². The number of carbonyl (C=O) groups excluding carboxylic acids is 1. The van der Waals surface area contributed by atoms with E-state index in [9.17, 15) is 4.79 Å². The molecule has 4 nitrogen and oxygen atoms in total. The van der Waals surface area contributed by atoms with Crippen molar-refractivity contribution in [1.29, 1.82) is 0 Å². The van der Waals surface area contributed by atoms with E-state index in [1.54, 1.807) is 7.11 Å². The molecule has 0 saturated heterocycles. The van der Waals surface area contributed by atoms with Gasteiger partial charge in [-0.15, -0.1) is 0 Å². The maximum absolute atomic E-state index is 13.4. The van der Waals surface area contributed by atoms with Crippen LogP contribution in [-0.2, 0) is 0 Å². The summed E-state index contributed by atoms with van der Waals surface area (Å²) in [5.41, 5.74) is 6.98. The molecule has 31 heavy (non-hydrogen) atoms. The zero-order valence-electron chi connectivity index (χ0n) is 17.9. The summed E-state index contributed by atoms with van der Waals surface area (Å²) in [4.78, 5) is 18.3. The second-order valence-electron chi connectivity index (χ2n) is 7.68. The first kappa shape index (κ1) is 21.1. The number of hydrogen-bond donors (Lipinski definition) is 1. The number of nitrogens with zero attached hydrogens (tertiary/aromatic N) is 1. The number of halogens is 1. The zero-order chi connectivity index (χ0) is 22.1. The van der Waals surface area contributed by atoms with Gasteiger partial charge in [-0.3, -0.25) is 4.79 Å². The number of aryl methyl sites for hydroxylation is 3. The van der Waals surface area contributed by atoms with Gasteiger partial charge in [-0.2, -0.15) is 0 Å². The SMILES string of the molecule is COc1cccc(-c2cc(C(=O)Nc3ccc(Br)c(C)c3)c3cc(C)cc(C)c3n2)c1. The van der Waals surface area contributed by atoms with Crippen LogP contribution in [0.1, 0.15) is 27.0 Å². The van der Waals surface area contributed by atoms with E-state index in [0.717, 1.165) is 54.8 Å². The Hall–Kier alpha value is -3.18. The molecule has 1 amide bonds. The third-order valence-corrected chi connectivity index (χ3v) is 6.16. The number of benzene rings is 3. The fourth-order valence-corrected chi connectivity index (χ4v) is 3.97. The topological polar surface area (TPSA) is 51.2 Å². The molecule has 4 rings (SSSR count). The van der Waals surface area contributed by atoms with Crippen LogP contribution in [0.5, 0.6) is 5.75 Å². The van der Waals surface area contributed by atoms with Crippen LogP contribution in [0.4, 0.5) is 5.69 Å². The number of anilines is 1. The average Bonchev–Trinajstić information content (AvgIpc) is 2.75. The van der Waals surface area contributed by atoms with Crippen molar-refractivity contribution >= 4 is 38.4 Å². The van der Waals surface area contributed by atoms with Crippen molar-refractivity contribution in [3.8, 4) is 17.0 Å². The average molecular weight is 475 g/mol. The molecule has 0 saturated carbocycles. The van der Waals surface area contributed by atoms with Gasteiger partial charge in [0.2, 0.25) is 0 Å². The molecule has 156 valence electrons. The number of amides is 1. The Morgan fingerprint density at radius 1 is 0.968 bits per heavy atom. The second-order valence-corrected chi connectivity index (χ2v) is 8.54. The number of aromatic nitrogens is 1. The summed E-state index contributed by atoms with van der Waals surface area (Å²) in [7, 11) is 1.64. The molecule has 0 fully saturated rings. The highest BCUT2D eigenvalue weighted by atomic mass is 79.9. The third-order valence-electron chi connectivity index (χ3n) is 5.27. The van der Waals surface area contributed by atoms with E-state index in [1.165, 1.54) is 0 Å². The van der Waals surface area contributed by atoms with Crippen LogP contribution >= 0.6 is 15.9 Å². The Bertz CT molecular complexity index is 1310. The van der Waals surface area contributed by atoms with Gasteiger partial charge in [-0.25, -0.2) is 4.98 Å². The molecular formula is C26H23BrN2O2. The van der Waals surface area contributed by atoms with E-state index in [4.69, 9.17) is 9.72 Å². The summed E-state index contributed by atoms with van der Waals surface area (Å²) < 4.78 is 6.38. The summed E-state index contributed by atoms with van der Waals surface area (Å²) in [5.74, 6) is 0.583. The van der Waals surface area contributed by atoms with Crippen molar-refractivity contribution < 1.29 is 9.53 Å². The fourth-order valence-electron chi connectivity index (χ4n) is 3.72. The normalized spacial score (nSPS) is 10.9. The van der Waals surface area contributed by atoms with Gasteiger partial charge in [-0.1, -0.05) is 39.7 Å². The molecule has 4 aromatic rings. The number of nitrogens with one attached hydrogen (secondary N) is 1. The molecule has 3 aromatic carbocycles. The number of hydrogen-bond acceptors (Lipinski definition) is 3. The summed E-state index contributed by atoms with van der Waals surface area (Å²) in [6.45, 7) is 6.05. The quantitative estimate of drug-likeness (QED) is 0.351. The molecule has 0 aliphatic carbocycles. The minimum Gasteiger partial charge on any atom is -0.497 e. The Balaban J connectivity index is 1.87. The Morgan fingerprint density at radius 2 is 1.77 bits per heavy atom. The van der Waals surface area contributed by atoms with Gasteiger partial charge in [0, 0.05) is 21.1 Å². The van der Waals surface area contributed by atoms with Gasteiger partial charge >= 0.3 is 0 Å². The van der Waals surface area contributed by atoms with Crippen molar-refractivity contribution in [2.24, 2.45) is 0 Å². The molecule has 5 heteroatoms. The van der Waals surface area contributed by atoms with Gasteiger partial charge in [0.05, 0.1) is 23.9 Å². The number of pyridine rings is 1. The molecule has 1 aromatic heterocycles. The predicted octanol–water partition coefficient (Wildman–Crippen LogP) is 6.85. The lowest BCUT2D eigenvalue weighted by atomic mass is 9.99. The maximum Gasteiger partial charge on any atom is 0.256 e. The lowest BCUT2D eigenvalue weighted by Crippen LogP contribution is -2.13. The molecule has 1 N–H and O–H groups in total. The number of fused-ring (bicyclic) bond motifs is 1. The zero-order valence-corrected chi connectivity index (χ0v) is 19.5. The lowest BCUT2D eigenvalue weighted by molar-refractivity contribution is 0.102. The lowest BCUT2D eigenvalue weighted by Gasteiger charge is -2.14. The van der Waals surface area contributed by atoms with Gasteiger partial charge < -0.3 is 10.1 Å². The highest BCUT2D eigenvalue weighted by Gasteiger charge is 2.16. The van der Waals surface area contributed by atoms with Crippen LogP contribution in [0, 0.1) is 20.8 Å². The van der Waals surface area contributed by atoms with Crippen molar-refractivity contribution in [2.45, 2.75) is 20.8 Å². The molecule has 0 spiro atoms. The number of rotatable bonds is 4. The molecular weight excluding hydrogens is 452 g/mol. The highest BCUT2D eigenvalue weighted by molar-refractivity contribution is 9.10. The van der Waals surface area contributed by atoms with Gasteiger partial charge in [0.1, 0.15) is 5.75 Å². The van der Waals surface area contributed by atoms with Gasteiger partial charge in [0.15, 0.2) is 0 Å². The van der Waals surface area contributed by atoms with Crippen molar-refractivity contribution in [1.82, 2.24) is 4.98 Å². The van der Waals surface area contributed by atoms with Crippen LogP contribution < -0.4 is 10.1 Å². The van der Waals surface area contributed by atoms with Gasteiger partial charge in [-0.05, 0) is 74.4 Å². The maximum atomic E-state index is 13.4. The third kappa shape index (κ3) is 4.32. The Morgan fingerprint density at radius 3 is 2.52 bits per heavy atom. The molecule has 0 bridgehead atoms. The number of ether oxygens (including phenoxy) is 1. The monoisotopic (exact) mass is 474 g/mol. The molecule has 0 radical (unpaired) electrons. The summed E-state index contributed by atoms with van der Waals surface area (Å²) in [6.07, 6.45) is 0. The van der Waals surface area contributed by atoms with E-state index in [0.29, 0.717) is 5.56 Å². The molecule has 0 atom stereocenters. The van der Waals surface area contributed by atoms with Crippen molar-refractivity contribution in [3.63, 3.8) is 0 Å². The summed E-state index contributed by atoms with van der Waals surface area (Å²) in [5, 5.41) is 3.89. The smallest absolute Gasteiger partial charge is 0.256 e. The van der Waals surface area contributed by atoms with Crippen LogP contribution in [-0.4, -0.2) is 18.0 Å². The van der Waals surface area contributed by atoms with Gasteiger partial charge in [0.25, 0.3) is 5.91 Å². The minimum absolute atomic E-state index is 0.164. The van der Waals surface area contributed by atoms with Crippen LogP contribution in [0.15, 0.2) is 65.1 Å². The first-order valence-electron chi connectivity index (χ1n) is 9.99. The first-order valence-corrected chi connectivity index (χ1v) is 10.8. The van der Waals surface area contributed by atoms with Crippen molar-refractivity contribution in [2.75, 3.05) is 12.4 Å². The molecule has 0 aliphatic heterocycles. The molecule has 0 aliphatic rings. The fraction of sp³-hybridized carbons (Fsp3) is 0.154. The number of carbonyl (C=O) groups is 1. The highest BCUT2D eigenvalue weighted by Crippen LogP contribution is 2.30. The van der Waals surface area contributed by atoms with Crippen LogP contribution in [0.2, 0.25) is 0 Å². The van der Waals surface area contributed by atoms with E-state index < -0.39 is 0 Å². The second kappa shape index (κ2) is 8.52. The molecule has 1 heterocycles.